The average Bonchev–Trinajstić information content (AvgIpc) is 2.42. The standard InChI is InChI=1S/C17H19F2N.ClH/c1-11-3-5-13(18)9-16(11)15(7-8-20)17-10-14(19)6-4-12(17)2;/h3-6,9-10,15H,7-8,20H2,1-2H3;1H. The minimum atomic E-state index is -0.256. The molecule has 0 atom stereocenters. The molecule has 0 heterocycles. The lowest BCUT2D eigenvalue weighted by molar-refractivity contribution is -0.368. The first-order valence-corrected chi connectivity index (χ1v) is 6.84. The summed E-state index contributed by atoms with van der Waals surface area (Å²) in [4.78, 5) is 0. The van der Waals surface area contributed by atoms with Gasteiger partial charge in [0.1, 0.15) is 11.6 Å². The smallest absolute Gasteiger partial charge is 0.123 e. The predicted octanol–water partition coefficient (Wildman–Crippen LogP) is 0.350. The molecule has 0 saturated heterocycles. The fourth-order valence-electron chi connectivity index (χ4n) is 2.66. The van der Waals surface area contributed by atoms with Gasteiger partial charge in [-0.2, -0.15) is 0 Å². The number of halogens is 3. The maximum absolute atomic E-state index is 13.6. The molecular weight excluding hydrogens is 292 g/mol. The van der Waals surface area contributed by atoms with E-state index in [0.29, 0.717) is 0 Å². The monoisotopic (exact) mass is 311 g/mol. The van der Waals surface area contributed by atoms with Crippen LogP contribution in [0, 0.1) is 25.5 Å². The van der Waals surface area contributed by atoms with Crippen molar-refractivity contribution in [3.63, 3.8) is 0 Å². The van der Waals surface area contributed by atoms with Crippen LogP contribution in [0.15, 0.2) is 36.4 Å². The molecule has 3 N–H and O–H groups in total. The molecule has 0 aromatic heterocycles. The van der Waals surface area contributed by atoms with Crippen molar-refractivity contribution in [2.45, 2.75) is 26.2 Å². The molecule has 4 heteroatoms. The Balaban J connectivity index is 0.00000220. The largest absolute Gasteiger partial charge is 1.00 e. The van der Waals surface area contributed by atoms with E-state index in [9.17, 15) is 8.78 Å². The molecule has 2 aromatic carbocycles. The Kier molecular flexibility index (Phi) is 6.31. The highest BCUT2D eigenvalue weighted by atomic mass is 35.5. The van der Waals surface area contributed by atoms with Crippen molar-refractivity contribution in [2.24, 2.45) is 0 Å². The number of hydrogen-bond acceptors (Lipinski definition) is 0. The lowest BCUT2D eigenvalue weighted by atomic mass is 9.84. The average molecular weight is 312 g/mol. The minimum Gasteiger partial charge on any atom is -1.00 e. The van der Waals surface area contributed by atoms with Crippen LogP contribution >= 0.6 is 0 Å². The van der Waals surface area contributed by atoms with E-state index in [1.54, 1.807) is 24.3 Å². The van der Waals surface area contributed by atoms with Gasteiger partial charge < -0.3 is 18.1 Å². The molecule has 0 aliphatic heterocycles. The Bertz CT molecular complexity index is 562. The Morgan fingerprint density at radius 3 is 1.71 bits per heavy atom. The van der Waals surface area contributed by atoms with Gasteiger partial charge in [-0.3, -0.25) is 0 Å². The molecule has 0 aliphatic rings. The van der Waals surface area contributed by atoms with Crippen LogP contribution in [0.3, 0.4) is 0 Å². The van der Waals surface area contributed by atoms with Gasteiger partial charge in [-0.25, -0.2) is 8.78 Å². The minimum absolute atomic E-state index is 0. The van der Waals surface area contributed by atoms with Crippen molar-refractivity contribution < 1.29 is 26.9 Å². The van der Waals surface area contributed by atoms with Crippen LogP contribution in [0.25, 0.3) is 0 Å². The van der Waals surface area contributed by atoms with Crippen LogP contribution in [0.5, 0.6) is 0 Å². The lowest BCUT2D eigenvalue weighted by Gasteiger charge is -2.21. The van der Waals surface area contributed by atoms with Gasteiger partial charge in [0.25, 0.3) is 0 Å². The molecule has 21 heavy (non-hydrogen) atoms. The van der Waals surface area contributed by atoms with Crippen molar-refractivity contribution in [2.75, 3.05) is 6.54 Å². The quantitative estimate of drug-likeness (QED) is 0.844. The van der Waals surface area contributed by atoms with Gasteiger partial charge in [0.2, 0.25) is 0 Å². The second-order valence-electron chi connectivity index (χ2n) is 5.20. The first-order valence-electron chi connectivity index (χ1n) is 6.84. The van der Waals surface area contributed by atoms with Crippen molar-refractivity contribution in [3.8, 4) is 0 Å². The van der Waals surface area contributed by atoms with Gasteiger partial charge in [-0.05, 0) is 60.4 Å². The Labute approximate surface area is 130 Å². The Morgan fingerprint density at radius 2 is 1.33 bits per heavy atom. The number of aryl methyl sites for hydroxylation is 2. The zero-order valence-electron chi connectivity index (χ0n) is 12.3. The highest BCUT2D eigenvalue weighted by Crippen LogP contribution is 2.32. The second kappa shape index (κ2) is 7.53. The van der Waals surface area contributed by atoms with E-state index >= 15 is 0 Å². The molecule has 0 unspecified atom stereocenters. The molecule has 0 radical (unpaired) electrons. The fourth-order valence-corrected chi connectivity index (χ4v) is 2.66. The van der Waals surface area contributed by atoms with Gasteiger partial charge in [0.15, 0.2) is 0 Å². The van der Waals surface area contributed by atoms with E-state index in [1.165, 1.54) is 12.1 Å². The third-order valence-electron chi connectivity index (χ3n) is 3.73. The van der Waals surface area contributed by atoms with E-state index in [-0.39, 0.29) is 30.0 Å². The van der Waals surface area contributed by atoms with Crippen molar-refractivity contribution in [3.05, 3.63) is 70.3 Å². The number of rotatable bonds is 4. The maximum atomic E-state index is 13.6. The molecule has 1 nitrogen and oxygen atoms in total. The van der Waals surface area contributed by atoms with E-state index in [2.05, 4.69) is 5.73 Å². The molecule has 0 spiro atoms. The van der Waals surface area contributed by atoms with Crippen molar-refractivity contribution >= 4 is 0 Å². The van der Waals surface area contributed by atoms with E-state index in [0.717, 1.165) is 35.2 Å². The first-order chi connectivity index (χ1) is 9.52. The van der Waals surface area contributed by atoms with E-state index in [4.69, 9.17) is 0 Å². The molecule has 0 fully saturated rings. The fraction of sp³-hybridized carbons (Fsp3) is 0.294. The normalized spacial score (nSPS) is 10.6. The summed E-state index contributed by atoms with van der Waals surface area (Å²) in [5.74, 6) is -0.527. The highest BCUT2D eigenvalue weighted by molar-refractivity contribution is 5.41. The van der Waals surface area contributed by atoms with Gasteiger partial charge in [-0.15, -0.1) is 0 Å². The van der Waals surface area contributed by atoms with Gasteiger partial charge >= 0.3 is 0 Å². The van der Waals surface area contributed by atoms with Crippen molar-refractivity contribution in [1.29, 1.82) is 0 Å². The van der Waals surface area contributed by atoms with Crippen LogP contribution in [-0.2, 0) is 0 Å². The lowest BCUT2D eigenvalue weighted by Crippen LogP contribution is -3.00. The SMILES string of the molecule is Cc1ccc(F)cc1C(CC[NH3+])c1cc(F)ccc1C.[Cl-]. The Hall–Kier alpha value is -1.45. The summed E-state index contributed by atoms with van der Waals surface area (Å²) in [5.41, 5.74) is 7.77. The predicted molar refractivity (Wildman–Crippen MR) is 76.5 cm³/mol. The van der Waals surface area contributed by atoms with Crippen LogP contribution in [-0.4, -0.2) is 6.54 Å². The third kappa shape index (κ3) is 4.02. The molecule has 2 rings (SSSR count). The van der Waals surface area contributed by atoms with Crippen LogP contribution in [0.1, 0.15) is 34.6 Å². The summed E-state index contributed by atoms with van der Waals surface area (Å²) in [5, 5.41) is 0. The molecule has 2 aromatic rings. The zero-order valence-corrected chi connectivity index (χ0v) is 13.1. The third-order valence-corrected chi connectivity index (χ3v) is 3.73. The summed E-state index contributed by atoms with van der Waals surface area (Å²) < 4.78 is 27.1. The number of benzene rings is 2. The summed E-state index contributed by atoms with van der Waals surface area (Å²) >= 11 is 0. The summed E-state index contributed by atoms with van der Waals surface area (Å²) in [6.07, 6.45) is 0.772. The topological polar surface area (TPSA) is 27.6 Å². The maximum Gasteiger partial charge on any atom is 0.123 e. The summed E-state index contributed by atoms with van der Waals surface area (Å²) in [6, 6.07) is 9.57. The zero-order chi connectivity index (χ0) is 14.7. The number of hydrogen-bond donors (Lipinski definition) is 1. The summed E-state index contributed by atoms with van der Waals surface area (Å²) in [7, 11) is 0. The van der Waals surface area contributed by atoms with Gasteiger partial charge in [-0.1, -0.05) is 12.1 Å². The van der Waals surface area contributed by atoms with Crippen molar-refractivity contribution in [1.82, 2.24) is 0 Å². The molecule has 114 valence electrons. The second-order valence-corrected chi connectivity index (χ2v) is 5.20. The molecule has 0 amide bonds. The molecule has 0 aliphatic carbocycles. The summed E-state index contributed by atoms with van der Waals surface area (Å²) in [6.45, 7) is 4.63. The Morgan fingerprint density at radius 1 is 0.905 bits per heavy atom. The molecular formula is C17H20ClF2N. The first kappa shape index (κ1) is 17.6. The molecule has 0 saturated carbocycles. The van der Waals surface area contributed by atoms with Crippen LogP contribution < -0.4 is 18.1 Å². The van der Waals surface area contributed by atoms with Crippen LogP contribution in [0.4, 0.5) is 8.78 Å². The van der Waals surface area contributed by atoms with Gasteiger partial charge in [0, 0.05) is 12.3 Å². The van der Waals surface area contributed by atoms with E-state index in [1.807, 2.05) is 13.8 Å². The van der Waals surface area contributed by atoms with E-state index < -0.39 is 0 Å². The molecule has 0 bridgehead atoms. The van der Waals surface area contributed by atoms with Crippen LogP contribution in [0.2, 0.25) is 0 Å². The highest BCUT2D eigenvalue weighted by Gasteiger charge is 2.19. The van der Waals surface area contributed by atoms with Gasteiger partial charge in [0.05, 0.1) is 6.54 Å². The number of quaternary nitrogens is 1.